The summed E-state index contributed by atoms with van der Waals surface area (Å²) < 4.78 is 10.5. The van der Waals surface area contributed by atoms with Gasteiger partial charge in [0.2, 0.25) is 0 Å². The molecule has 1 N–H and O–H groups in total. The van der Waals surface area contributed by atoms with Crippen molar-refractivity contribution in [2.24, 2.45) is 0 Å². The molecule has 1 aromatic carbocycles. The second-order valence-electron chi connectivity index (χ2n) is 3.89. The Hall–Kier alpha value is -0.620. The van der Waals surface area contributed by atoms with Gasteiger partial charge in [-0.15, -0.1) is 0 Å². The predicted molar refractivity (Wildman–Crippen MR) is 66.0 cm³/mol. The van der Waals surface area contributed by atoms with E-state index in [1.165, 1.54) is 6.20 Å². The summed E-state index contributed by atoms with van der Waals surface area (Å²) in [6.45, 7) is 7.12. The fraction of sp³-hybridized carbons (Fsp3) is 0.0833. The van der Waals surface area contributed by atoms with Crippen LogP contribution in [0, 0.1) is 12.8 Å². The van der Waals surface area contributed by atoms with E-state index in [1.54, 1.807) is 18.2 Å². The van der Waals surface area contributed by atoms with Crippen molar-refractivity contribution < 1.29 is 72.6 Å². The minimum absolute atomic E-state index is 0. The van der Waals surface area contributed by atoms with Gasteiger partial charge in [0.15, 0.2) is 6.01 Å². The van der Waals surface area contributed by atoms with Crippen LogP contribution in [0.15, 0.2) is 24.4 Å². The number of aromatic nitrogens is 2. The molecule has 1 aliphatic rings. The summed E-state index contributed by atoms with van der Waals surface area (Å²) in [6.07, 6.45) is 3.85. The second kappa shape index (κ2) is 6.89. The predicted octanol–water partition coefficient (Wildman–Crippen LogP) is -2.16. The average molecular weight is 337 g/mol. The van der Waals surface area contributed by atoms with E-state index in [0.29, 0.717) is 12.4 Å². The van der Waals surface area contributed by atoms with Crippen LogP contribution < -0.4 is 68.4 Å². The average Bonchev–Trinajstić information content (AvgIpc) is 2.81. The zero-order valence-electron chi connectivity index (χ0n) is 10.7. The normalized spacial score (nSPS) is 12.3. The molecule has 0 aliphatic carbocycles. The van der Waals surface area contributed by atoms with E-state index < -0.39 is 7.12 Å². The first-order chi connectivity index (χ1) is 9.26. The number of fused-ring (bicyclic) bond motifs is 1. The van der Waals surface area contributed by atoms with E-state index in [1.807, 2.05) is 0 Å². The third-order valence-electron chi connectivity index (χ3n) is 2.67. The molecule has 2 aromatic rings. The molecule has 2 heterocycles. The molecule has 0 fully saturated rings. The van der Waals surface area contributed by atoms with Gasteiger partial charge in [-0.05, 0) is 23.2 Å². The minimum Gasteiger partial charge on any atom is -0.484 e. The SMILES string of the molecule is [C-]#[N+]c1[c-]nc(Oc2ccc3c(c2)COB3O)nc1.[Rb+]. The molecule has 1 aliphatic heterocycles. The summed E-state index contributed by atoms with van der Waals surface area (Å²) in [5, 5.41) is 9.50. The van der Waals surface area contributed by atoms with Crippen LogP contribution in [0.1, 0.15) is 5.56 Å². The second-order valence-corrected chi connectivity index (χ2v) is 3.89. The Bertz CT molecular complexity index is 660. The van der Waals surface area contributed by atoms with Gasteiger partial charge >= 0.3 is 65.3 Å². The molecule has 0 unspecified atom stereocenters. The van der Waals surface area contributed by atoms with E-state index in [4.69, 9.17) is 16.0 Å². The zero-order valence-corrected chi connectivity index (χ0v) is 15.6. The van der Waals surface area contributed by atoms with Crippen molar-refractivity contribution in [2.45, 2.75) is 6.61 Å². The van der Waals surface area contributed by atoms with Crippen LogP contribution in [-0.4, -0.2) is 22.1 Å². The van der Waals surface area contributed by atoms with Gasteiger partial charge < -0.3 is 24.4 Å². The Morgan fingerprint density at radius 2 is 2.35 bits per heavy atom. The van der Waals surface area contributed by atoms with E-state index >= 15 is 0 Å². The van der Waals surface area contributed by atoms with Crippen LogP contribution in [0.4, 0.5) is 5.69 Å². The molecule has 0 saturated carbocycles. The van der Waals surface area contributed by atoms with Gasteiger partial charge in [-0.2, -0.15) is 0 Å². The van der Waals surface area contributed by atoms with E-state index in [-0.39, 0.29) is 69.9 Å². The molecule has 0 radical (unpaired) electrons. The number of ether oxygens (including phenoxy) is 1. The van der Waals surface area contributed by atoms with Crippen molar-refractivity contribution in [3.05, 3.63) is 47.6 Å². The smallest absolute Gasteiger partial charge is 0.484 e. The first kappa shape index (κ1) is 15.8. The van der Waals surface area contributed by atoms with Gasteiger partial charge in [0.25, 0.3) is 0 Å². The van der Waals surface area contributed by atoms with Crippen molar-refractivity contribution in [1.29, 1.82) is 0 Å². The summed E-state index contributed by atoms with van der Waals surface area (Å²) in [4.78, 5) is 10.8. The van der Waals surface area contributed by atoms with Crippen LogP contribution in [0.5, 0.6) is 11.8 Å². The Morgan fingerprint density at radius 3 is 3.05 bits per heavy atom. The standard InChI is InChI=1S/C12H7BN3O3.Rb/c1-14-9-5-15-12(16-6-9)19-10-2-3-11-8(4-10)7-18-13(11)17;/h2-5,17H,7H2;/q-1;+1. The maximum absolute atomic E-state index is 9.50. The molecule has 3 rings (SSSR count). The zero-order chi connectivity index (χ0) is 13.2. The largest absolute Gasteiger partial charge is 1.00 e. The summed E-state index contributed by atoms with van der Waals surface area (Å²) in [6, 6.07) is 5.31. The molecule has 0 bridgehead atoms. The van der Waals surface area contributed by atoms with Crippen LogP contribution in [0.3, 0.4) is 0 Å². The number of hydrogen-bond donors (Lipinski definition) is 1. The molecule has 20 heavy (non-hydrogen) atoms. The van der Waals surface area contributed by atoms with Gasteiger partial charge in [0.1, 0.15) is 11.4 Å². The molecular formula is C12H7BN3O3Rb. The molecule has 0 amide bonds. The summed E-state index contributed by atoms with van der Waals surface area (Å²) >= 11 is 0. The summed E-state index contributed by atoms with van der Waals surface area (Å²) in [7, 11) is -0.869. The minimum atomic E-state index is -0.869. The van der Waals surface area contributed by atoms with E-state index in [9.17, 15) is 5.02 Å². The van der Waals surface area contributed by atoms with Crippen molar-refractivity contribution in [3.63, 3.8) is 0 Å². The maximum Gasteiger partial charge on any atom is 1.00 e. The van der Waals surface area contributed by atoms with Gasteiger partial charge in [-0.1, -0.05) is 18.5 Å². The van der Waals surface area contributed by atoms with Gasteiger partial charge in [0.05, 0.1) is 13.2 Å². The van der Waals surface area contributed by atoms with Crippen molar-refractivity contribution in [1.82, 2.24) is 9.97 Å². The van der Waals surface area contributed by atoms with E-state index in [0.717, 1.165) is 11.0 Å². The maximum atomic E-state index is 9.50. The summed E-state index contributed by atoms with van der Waals surface area (Å²) in [5.41, 5.74) is 1.84. The molecular weight excluding hydrogens is 330 g/mol. The quantitative estimate of drug-likeness (QED) is 0.500. The van der Waals surface area contributed by atoms with Crippen LogP contribution in [-0.2, 0) is 11.3 Å². The number of rotatable bonds is 2. The molecule has 6 nitrogen and oxygen atoms in total. The molecule has 0 atom stereocenters. The topological polar surface area (TPSA) is 68.8 Å². The summed E-state index contributed by atoms with van der Waals surface area (Å²) in [5.74, 6) is 0.542. The van der Waals surface area contributed by atoms with Crippen LogP contribution in [0.2, 0.25) is 0 Å². The van der Waals surface area contributed by atoms with Crippen molar-refractivity contribution in [2.75, 3.05) is 0 Å². The van der Waals surface area contributed by atoms with Gasteiger partial charge in [-0.3, -0.25) is 4.85 Å². The fourth-order valence-electron chi connectivity index (χ4n) is 1.76. The van der Waals surface area contributed by atoms with Crippen molar-refractivity contribution >= 4 is 18.3 Å². The third kappa shape index (κ3) is 3.34. The first-order valence-corrected chi connectivity index (χ1v) is 5.49. The fourth-order valence-corrected chi connectivity index (χ4v) is 1.76. The first-order valence-electron chi connectivity index (χ1n) is 5.49. The molecule has 8 heteroatoms. The third-order valence-corrected chi connectivity index (χ3v) is 2.67. The van der Waals surface area contributed by atoms with Crippen molar-refractivity contribution in [3.8, 4) is 11.8 Å². The number of benzene rings is 1. The number of hydrogen-bond acceptors (Lipinski definition) is 5. The molecule has 92 valence electrons. The van der Waals surface area contributed by atoms with Crippen LogP contribution >= 0.6 is 0 Å². The van der Waals surface area contributed by atoms with Gasteiger partial charge in [-0.25, -0.2) is 0 Å². The Labute approximate surface area is 164 Å². The monoisotopic (exact) mass is 337 g/mol. The molecule has 0 spiro atoms. The van der Waals surface area contributed by atoms with E-state index in [2.05, 4.69) is 21.0 Å². The van der Waals surface area contributed by atoms with Crippen LogP contribution in [0.25, 0.3) is 4.85 Å². The number of nitrogens with zero attached hydrogens (tertiary/aromatic N) is 3. The Kier molecular flexibility index (Phi) is 5.43. The molecule has 0 saturated heterocycles. The Morgan fingerprint density at radius 1 is 1.50 bits per heavy atom. The molecule has 1 aromatic heterocycles. The van der Waals surface area contributed by atoms with Gasteiger partial charge in [0, 0.05) is 0 Å². The Balaban J connectivity index is 0.00000147.